The van der Waals surface area contributed by atoms with Gasteiger partial charge in [0.25, 0.3) is 0 Å². The second-order valence-electron chi connectivity index (χ2n) is 5.92. The Bertz CT molecular complexity index is 787. The molecule has 0 saturated heterocycles. The Morgan fingerprint density at radius 3 is 2.74 bits per heavy atom. The molecule has 0 amide bonds. The number of fused-ring (bicyclic) bond motifs is 1. The van der Waals surface area contributed by atoms with Crippen molar-refractivity contribution in [3.05, 3.63) is 59.2 Å². The molecule has 0 bridgehead atoms. The van der Waals surface area contributed by atoms with Crippen molar-refractivity contribution in [2.75, 3.05) is 12.9 Å². The van der Waals surface area contributed by atoms with Gasteiger partial charge < -0.3 is 9.47 Å². The second kappa shape index (κ2) is 6.24. The number of hydrogen-bond acceptors (Lipinski definition) is 4. The molecule has 1 heterocycles. The van der Waals surface area contributed by atoms with Crippen LogP contribution in [0.5, 0.6) is 11.5 Å². The van der Waals surface area contributed by atoms with Crippen LogP contribution in [0.25, 0.3) is 0 Å². The molecule has 0 aliphatic carbocycles. The monoisotopic (exact) mass is 332 g/mol. The van der Waals surface area contributed by atoms with Crippen LogP contribution in [0.3, 0.4) is 0 Å². The van der Waals surface area contributed by atoms with Gasteiger partial charge in [-0.1, -0.05) is 35.9 Å². The molecule has 1 atom stereocenters. The average Bonchev–Trinajstić information content (AvgIpc) is 2.88. The quantitative estimate of drug-likeness (QED) is 0.845. The van der Waals surface area contributed by atoms with Gasteiger partial charge in [0, 0.05) is 12.0 Å². The molecule has 0 N–H and O–H groups in total. The van der Waals surface area contributed by atoms with E-state index in [1.165, 1.54) is 0 Å². The van der Waals surface area contributed by atoms with Crippen molar-refractivity contribution in [1.29, 1.82) is 0 Å². The van der Waals surface area contributed by atoms with E-state index in [1.54, 1.807) is 7.11 Å². The van der Waals surface area contributed by atoms with Crippen molar-refractivity contribution in [1.82, 2.24) is 0 Å². The van der Waals surface area contributed by atoms with Crippen LogP contribution >= 0.6 is 0 Å². The molecule has 23 heavy (non-hydrogen) atoms. The van der Waals surface area contributed by atoms with E-state index in [-0.39, 0.29) is 17.6 Å². The maximum atomic E-state index is 12.6. The van der Waals surface area contributed by atoms with Gasteiger partial charge in [0.1, 0.15) is 17.6 Å². The number of aryl methyl sites for hydroxylation is 1. The Labute approximate surface area is 137 Å². The van der Waals surface area contributed by atoms with Crippen molar-refractivity contribution in [3.8, 4) is 11.5 Å². The highest BCUT2D eigenvalue weighted by Crippen LogP contribution is 2.29. The van der Waals surface area contributed by atoms with Crippen LogP contribution in [0, 0.1) is 6.92 Å². The van der Waals surface area contributed by atoms with Crippen LogP contribution in [0.1, 0.15) is 16.7 Å². The SMILES string of the molecule is COc1ccc(C)cc1CS(=O)(=O)CC1Cc2ccccc2O1. The van der Waals surface area contributed by atoms with Gasteiger partial charge in [-0.2, -0.15) is 0 Å². The van der Waals surface area contributed by atoms with Crippen LogP contribution in [0.2, 0.25) is 0 Å². The van der Waals surface area contributed by atoms with Crippen molar-refractivity contribution < 1.29 is 17.9 Å². The van der Waals surface area contributed by atoms with E-state index in [9.17, 15) is 8.42 Å². The first-order valence-electron chi connectivity index (χ1n) is 7.55. The summed E-state index contributed by atoms with van der Waals surface area (Å²) in [6.45, 7) is 1.94. The standard InChI is InChI=1S/C18H20O4S/c1-13-7-8-17(21-2)15(9-13)11-23(19,20)12-16-10-14-5-3-4-6-18(14)22-16/h3-9,16H,10-12H2,1-2H3. The summed E-state index contributed by atoms with van der Waals surface area (Å²) in [6, 6.07) is 13.3. The molecule has 0 spiro atoms. The highest BCUT2D eigenvalue weighted by atomic mass is 32.2. The highest BCUT2D eigenvalue weighted by Gasteiger charge is 2.28. The lowest BCUT2D eigenvalue weighted by Crippen LogP contribution is -2.26. The molecule has 0 fully saturated rings. The lowest BCUT2D eigenvalue weighted by atomic mass is 10.1. The first-order valence-corrected chi connectivity index (χ1v) is 9.37. The molecule has 0 aromatic heterocycles. The van der Waals surface area contributed by atoms with E-state index in [0.29, 0.717) is 17.7 Å². The summed E-state index contributed by atoms with van der Waals surface area (Å²) in [5.41, 5.74) is 2.78. The van der Waals surface area contributed by atoms with Crippen LogP contribution < -0.4 is 9.47 Å². The number of ether oxygens (including phenoxy) is 2. The molecule has 3 rings (SSSR count). The van der Waals surface area contributed by atoms with E-state index in [4.69, 9.17) is 9.47 Å². The number of sulfone groups is 1. The summed E-state index contributed by atoms with van der Waals surface area (Å²) in [6.07, 6.45) is 0.327. The smallest absolute Gasteiger partial charge is 0.158 e. The van der Waals surface area contributed by atoms with Crippen LogP contribution in [-0.2, 0) is 22.0 Å². The zero-order valence-corrected chi connectivity index (χ0v) is 14.1. The van der Waals surface area contributed by atoms with Crippen LogP contribution in [0.4, 0.5) is 0 Å². The number of para-hydroxylation sites is 1. The second-order valence-corrected chi connectivity index (χ2v) is 8.03. The summed E-state index contributed by atoms with van der Waals surface area (Å²) in [5, 5.41) is 0. The summed E-state index contributed by atoms with van der Waals surface area (Å²) in [7, 11) is -1.74. The minimum Gasteiger partial charge on any atom is -0.496 e. The van der Waals surface area contributed by atoms with Gasteiger partial charge in [0.05, 0.1) is 18.6 Å². The van der Waals surface area contributed by atoms with Gasteiger partial charge in [0.2, 0.25) is 0 Å². The predicted octanol–water partition coefficient (Wildman–Crippen LogP) is 2.92. The molecular formula is C18H20O4S. The van der Waals surface area contributed by atoms with Crippen molar-refractivity contribution >= 4 is 9.84 Å². The van der Waals surface area contributed by atoms with Crippen molar-refractivity contribution in [2.24, 2.45) is 0 Å². The third-order valence-electron chi connectivity index (χ3n) is 3.96. The van der Waals surface area contributed by atoms with E-state index in [0.717, 1.165) is 16.9 Å². The number of rotatable bonds is 5. The van der Waals surface area contributed by atoms with Crippen LogP contribution in [0.15, 0.2) is 42.5 Å². The maximum absolute atomic E-state index is 12.6. The minimum absolute atomic E-state index is 0.0127. The zero-order valence-electron chi connectivity index (χ0n) is 13.3. The summed E-state index contributed by atoms with van der Waals surface area (Å²) < 4.78 is 36.1. The molecule has 0 saturated carbocycles. The Morgan fingerprint density at radius 1 is 1.22 bits per heavy atom. The van der Waals surface area contributed by atoms with E-state index >= 15 is 0 Å². The fraction of sp³-hybridized carbons (Fsp3) is 0.333. The summed E-state index contributed by atoms with van der Waals surface area (Å²) >= 11 is 0. The predicted molar refractivity (Wildman–Crippen MR) is 89.8 cm³/mol. The third kappa shape index (κ3) is 3.67. The maximum Gasteiger partial charge on any atom is 0.158 e. The van der Waals surface area contributed by atoms with Gasteiger partial charge in [-0.05, 0) is 24.6 Å². The summed E-state index contributed by atoms with van der Waals surface area (Å²) in [4.78, 5) is 0. The van der Waals surface area contributed by atoms with Gasteiger partial charge >= 0.3 is 0 Å². The average molecular weight is 332 g/mol. The van der Waals surface area contributed by atoms with Gasteiger partial charge in [0.15, 0.2) is 9.84 Å². The number of benzene rings is 2. The third-order valence-corrected chi connectivity index (χ3v) is 5.60. The number of hydrogen-bond donors (Lipinski definition) is 0. The fourth-order valence-corrected chi connectivity index (χ4v) is 4.52. The molecule has 1 unspecified atom stereocenters. The fourth-order valence-electron chi connectivity index (χ4n) is 2.95. The molecular weight excluding hydrogens is 312 g/mol. The molecule has 2 aromatic rings. The van der Waals surface area contributed by atoms with Gasteiger partial charge in [-0.25, -0.2) is 8.42 Å². The lowest BCUT2D eigenvalue weighted by Gasteiger charge is -2.13. The van der Waals surface area contributed by atoms with E-state index in [2.05, 4.69) is 0 Å². The largest absolute Gasteiger partial charge is 0.496 e. The van der Waals surface area contributed by atoms with Crippen molar-refractivity contribution in [3.63, 3.8) is 0 Å². The first kappa shape index (κ1) is 15.9. The van der Waals surface area contributed by atoms with Crippen molar-refractivity contribution in [2.45, 2.75) is 25.2 Å². The lowest BCUT2D eigenvalue weighted by molar-refractivity contribution is 0.256. The molecule has 2 aromatic carbocycles. The molecule has 4 nitrogen and oxygen atoms in total. The van der Waals surface area contributed by atoms with E-state index in [1.807, 2.05) is 49.4 Å². The Balaban J connectivity index is 1.73. The molecule has 122 valence electrons. The Kier molecular flexibility index (Phi) is 4.31. The van der Waals surface area contributed by atoms with Gasteiger partial charge in [-0.15, -0.1) is 0 Å². The number of methoxy groups -OCH3 is 1. The highest BCUT2D eigenvalue weighted by molar-refractivity contribution is 7.90. The van der Waals surface area contributed by atoms with Gasteiger partial charge in [-0.3, -0.25) is 0 Å². The van der Waals surface area contributed by atoms with E-state index < -0.39 is 9.84 Å². The zero-order chi connectivity index (χ0) is 16.4. The topological polar surface area (TPSA) is 52.6 Å². The molecule has 1 aliphatic heterocycles. The Morgan fingerprint density at radius 2 is 2.00 bits per heavy atom. The molecule has 1 aliphatic rings. The normalized spacial score (nSPS) is 16.7. The first-order chi connectivity index (χ1) is 11.0. The van der Waals surface area contributed by atoms with Crippen LogP contribution in [-0.4, -0.2) is 27.4 Å². The molecule has 5 heteroatoms. The molecule has 0 radical (unpaired) electrons. The minimum atomic E-state index is -3.29. The summed E-state index contributed by atoms with van der Waals surface area (Å²) in [5.74, 6) is 1.38. The Hall–Kier alpha value is -2.01.